The highest BCUT2D eigenvalue weighted by atomic mass is 19.1. The lowest BCUT2D eigenvalue weighted by Gasteiger charge is -2.34. The van der Waals surface area contributed by atoms with Crippen molar-refractivity contribution in [2.75, 3.05) is 37.7 Å². The van der Waals surface area contributed by atoms with E-state index in [-0.39, 0.29) is 58.2 Å². The van der Waals surface area contributed by atoms with Crippen molar-refractivity contribution in [3.05, 3.63) is 47.7 Å². The number of terminal acetylenes is 1. The number of aromatic nitrogens is 3. The Morgan fingerprint density at radius 1 is 1.14 bits per heavy atom. The summed E-state index contributed by atoms with van der Waals surface area (Å²) in [5.41, 5.74) is -1.37. The topological polar surface area (TPSA) is 92.7 Å². The van der Waals surface area contributed by atoms with Crippen LogP contribution >= 0.6 is 0 Å². The van der Waals surface area contributed by atoms with Crippen LogP contribution in [0.1, 0.15) is 58.4 Å². The molecule has 4 aliphatic rings. The van der Waals surface area contributed by atoms with Gasteiger partial charge in [-0.25, -0.2) is 13.2 Å². The van der Waals surface area contributed by atoms with Crippen LogP contribution in [0.4, 0.5) is 19.0 Å². The fourth-order valence-corrected chi connectivity index (χ4v) is 8.19. The van der Waals surface area contributed by atoms with E-state index in [9.17, 15) is 9.18 Å². The molecule has 4 fully saturated rings. The average molecular weight is 685 g/mol. The number of nitrogens with one attached hydrogen (secondary N) is 1. The van der Waals surface area contributed by atoms with E-state index in [4.69, 9.17) is 20.9 Å². The number of ether oxygens (including phenoxy) is 2. The molecule has 12 heteroatoms. The molecule has 4 atom stereocenters. The van der Waals surface area contributed by atoms with Crippen LogP contribution < -0.4 is 19.7 Å². The molecule has 2 aromatic carbocycles. The predicted octanol–water partition coefficient (Wildman–Crippen LogP) is 5.95. The van der Waals surface area contributed by atoms with Crippen LogP contribution in [0, 0.1) is 29.4 Å². The van der Waals surface area contributed by atoms with Crippen molar-refractivity contribution in [1.29, 1.82) is 0 Å². The first kappa shape index (κ1) is 32.7. The smallest absolute Gasteiger partial charge is 0.319 e. The number of benzene rings is 2. The SMILES string of the molecule is C#Cc1c(F)ccc2cc(OC(=O)C(C)(C)C)cc(-c3ncc4c(N5CC6CCC(C5)N6)nc(OC[C@@]56CCCN5C[C@H](F)C6)nc4c3F)c12. The summed E-state index contributed by atoms with van der Waals surface area (Å²) in [6.07, 6.45) is 10.6. The number of anilines is 1. The van der Waals surface area contributed by atoms with Crippen molar-refractivity contribution >= 4 is 33.5 Å². The minimum atomic E-state index is -0.930. The third-order valence-electron chi connectivity index (χ3n) is 10.7. The van der Waals surface area contributed by atoms with Gasteiger partial charge in [0.25, 0.3) is 0 Å². The molecule has 2 unspecified atom stereocenters. The first-order chi connectivity index (χ1) is 23.9. The molecule has 260 valence electrons. The Morgan fingerprint density at radius 2 is 1.92 bits per heavy atom. The first-order valence-corrected chi connectivity index (χ1v) is 17.3. The maximum Gasteiger partial charge on any atom is 0.319 e. The van der Waals surface area contributed by atoms with E-state index >= 15 is 8.78 Å². The van der Waals surface area contributed by atoms with Crippen LogP contribution in [0.2, 0.25) is 0 Å². The minimum Gasteiger partial charge on any atom is -0.461 e. The Hall–Kier alpha value is -4.47. The van der Waals surface area contributed by atoms with Crippen LogP contribution in [0.3, 0.4) is 0 Å². The number of alkyl halides is 1. The molecule has 2 aromatic heterocycles. The van der Waals surface area contributed by atoms with Crippen LogP contribution in [-0.2, 0) is 4.79 Å². The van der Waals surface area contributed by atoms with Gasteiger partial charge in [0.05, 0.1) is 21.9 Å². The summed E-state index contributed by atoms with van der Waals surface area (Å²) in [5.74, 6) is 1.11. The van der Waals surface area contributed by atoms with E-state index in [1.54, 1.807) is 26.8 Å². The summed E-state index contributed by atoms with van der Waals surface area (Å²) in [5, 5.41) is 4.71. The predicted molar refractivity (Wildman–Crippen MR) is 184 cm³/mol. The van der Waals surface area contributed by atoms with E-state index in [0.717, 1.165) is 32.2 Å². The number of hydrogen-bond acceptors (Lipinski definition) is 9. The maximum atomic E-state index is 17.2. The number of nitrogens with zero attached hydrogens (tertiary/aromatic N) is 5. The second-order valence-electron chi connectivity index (χ2n) is 15.2. The number of esters is 1. The van der Waals surface area contributed by atoms with Gasteiger partial charge in [-0.05, 0) is 76.6 Å². The number of piperazine rings is 1. The van der Waals surface area contributed by atoms with Gasteiger partial charge in [-0.1, -0.05) is 12.0 Å². The Labute approximate surface area is 288 Å². The van der Waals surface area contributed by atoms with Gasteiger partial charge in [0.2, 0.25) is 0 Å². The molecule has 8 rings (SSSR count). The van der Waals surface area contributed by atoms with Crippen molar-refractivity contribution in [3.63, 3.8) is 0 Å². The minimum absolute atomic E-state index is 0.00830. The van der Waals surface area contributed by atoms with E-state index in [2.05, 4.69) is 31.0 Å². The quantitative estimate of drug-likeness (QED) is 0.150. The Morgan fingerprint density at radius 3 is 2.66 bits per heavy atom. The van der Waals surface area contributed by atoms with Crippen LogP contribution in [0.5, 0.6) is 11.8 Å². The number of carbonyl (C=O) groups is 1. The van der Waals surface area contributed by atoms with Crippen molar-refractivity contribution < 1.29 is 27.4 Å². The molecule has 0 radical (unpaired) electrons. The molecular formula is C38H39F3N6O3. The summed E-state index contributed by atoms with van der Waals surface area (Å²) < 4.78 is 58.8. The Balaban J connectivity index is 1.28. The lowest BCUT2D eigenvalue weighted by atomic mass is 9.95. The molecular weight excluding hydrogens is 645 g/mol. The zero-order valence-corrected chi connectivity index (χ0v) is 28.4. The molecule has 0 amide bonds. The van der Waals surface area contributed by atoms with Crippen molar-refractivity contribution in [3.8, 4) is 35.4 Å². The van der Waals surface area contributed by atoms with Crippen molar-refractivity contribution in [2.45, 2.75) is 76.7 Å². The molecule has 9 nitrogen and oxygen atoms in total. The molecule has 4 aliphatic heterocycles. The van der Waals surface area contributed by atoms with Crippen LogP contribution in [-0.4, -0.2) is 82.4 Å². The third-order valence-corrected chi connectivity index (χ3v) is 10.7. The number of halogens is 3. The lowest BCUT2D eigenvalue weighted by molar-refractivity contribution is -0.142. The number of carbonyl (C=O) groups excluding carboxylic acids is 1. The van der Waals surface area contributed by atoms with Gasteiger partial charge < -0.3 is 19.7 Å². The first-order valence-electron chi connectivity index (χ1n) is 17.3. The normalized spacial score (nSPS) is 24.9. The fourth-order valence-electron chi connectivity index (χ4n) is 8.19. The standard InChI is InChI=1S/C38H39F3N6O3/c1-5-26-29(40)10-7-21-13-25(50-35(48)37(2,3)4)14-27(30(21)26)32-31(41)33-28(16-42-32)34(46-18-23-8-9-24(19-46)43-23)45-36(44-33)49-20-38-11-6-12-47(38)17-22(39)15-38/h1,7,10,13-14,16,22-24,43H,6,8-9,11-12,15,17-20H2,2-4H3/t22-,23?,24?,38+/m1/s1. The zero-order valence-electron chi connectivity index (χ0n) is 28.4. The van der Waals surface area contributed by atoms with E-state index < -0.39 is 34.7 Å². The van der Waals surface area contributed by atoms with E-state index in [1.165, 1.54) is 24.4 Å². The largest absolute Gasteiger partial charge is 0.461 e. The maximum absolute atomic E-state index is 17.2. The number of rotatable bonds is 6. The van der Waals surface area contributed by atoms with Gasteiger partial charge in [0.15, 0.2) is 5.82 Å². The Kier molecular flexibility index (Phi) is 7.91. The molecule has 0 saturated carbocycles. The third kappa shape index (κ3) is 5.60. The van der Waals surface area contributed by atoms with Crippen molar-refractivity contribution in [1.82, 2.24) is 25.2 Å². The summed E-state index contributed by atoms with van der Waals surface area (Å²) in [6.45, 7) is 7.87. The molecule has 0 spiro atoms. The molecule has 1 N–H and O–H groups in total. The van der Waals surface area contributed by atoms with E-state index in [1.807, 2.05) is 0 Å². The summed E-state index contributed by atoms with van der Waals surface area (Å²) in [7, 11) is 0. The molecule has 0 aliphatic carbocycles. The molecule has 4 aromatic rings. The molecule has 4 saturated heterocycles. The van der Waals surface area contributed by atoms with Gasteiger partial charge in [-0.2, -0.15) is 9.97 Å². The van der Waals surface area contributed by atoms with Crippen molar-refractivity contribution in [2.24, 2.45) is 5.41 Å². The monoisotopic (exact) mass is 684 g/mol. The summed E-state index contributed by atoms with van der Waals surface area (Å²) in [4.78, 5) is 31.2. The lowest BCUT2D eigenvalue weighted by Crippen LogP contribution is -2.51. The molecule has 2 bridgehead atoms. The van der Waals surface area contributed by atoms with E-state index in [0.29, 0.717) is 42.6 Å². The second-order valence-corrected chi connectivity index (χ2v) is 15.2. The van der Waals surface area contributed by atoms with Gasteiger partial charge in [0, 0.05) is 55.3 Å². The van der Waals surface area contributed by atoms with Gasteiger partial charge in [-0.15, -0.1) is 6.42 Å². The summed E-state index contributed by atoms with van der Waals surface area (Å²) in [6, 6.07) is 6.30. The highest BCUT2D eigenvalue weighted by Gasteiger charge is 2.49. The molecule has 6 heterocycles. The Bertz CT molecular complexity index is 2070. The highest BCUT2D eigenvalue weighted by molar-refractivity contribution is 6.03. The summed E-state index contributed by atoms with van der Waals surface area (Å²) >= 11 is 0. The average Bonchev–Trinajstić information content (AvgIpc) is 3.73. The number of pyridine rings is 1. The van der Waals surface area contributed by atoms with Crippen LogP contribution in [0.25, 0.3) is 32.9 Å². The fraction of sp³-hybridized carbons (Fsp3) is 0.474. The van der Waals surface area contributed by atoms with Crippen LogP contribution in [0.15, 0.2) is 30.5 Å². The molecule has 50 heavy (non-hydrogen) atoms. The number of hydrogen-bond donors (Lipinski definition) is 1. The van der Waals surface area contributed by atoms with Gasteiger partial charge in [-0.3, -0.25) is 14.7 Å². The van der Waals surface area contributed by atoms with Gasteiger partial charge >= 0.3 is 12.0 Å². The highest BCUT2D eigenvalue weighted by Crippen LogP contribution is 2.42. The van der Waals surface area contributed by atoms with Gasteiger partial charge in [0.1, 0.15) is 41.4 Å². The second kappa shape index (κ2) is 12.1. The number of fused-ring (bicyclic) bond motifs is 5. The zero-order chi connectivity index (χ0) is 34.9.